The number of likely N-dealkylation sites (tertiary alicyclic amines) is 1. The first-order chi connectivity index (χ1) is 8.18. The quantitative estimate of drug-likeness (QED) is 0.826. The molecule has 1 saturated heterocycles. The molecule has 0 aromatic rings. The lowest BCUT2D eigenvalue weighted by atomic mass is 9.73. The van der Waals surface area contributed by atoms with Crippen molar-refractivity contribution in [2.75, 3.05) is 13.1 Å². The topological polar surface area (TPSA) is 55.6 Å². The highest BCUT2D eigenvalue weighted by Crippen LogP contribution is 2.35. The Morgan fingerprint density at radius 1 is 1.39 bits per heavy atom. The van der Waals surface area contributed by atoms with Crippen molar-refractivity contribution in [3.05, 3.63) is 0 Å². The number of hydrogen-bond acceptors (Lipinski definition) is 3. The molecule has 1 aliphatic rings. The van der Waals surface area contributed by atoms with Crippen LogP contribution in [0.5, 0.6) is 0 Å². The minimum atomic E-state index is -0.419. The van der Waals surface area contributed by atoms with Crippen LogP contribution in [-0.4, -0.2) is 35.7 Å². The van der Waals surface area contributed by atoms with Crippen molar-refractivity contribution < 1.29 is 9.53 Å². The summed E-state index contributed by atoms with van der Waals surface area (Å²) in [5.41, 5.74) is 5.91. The van der Waals surface area contributed by atoms with E-state index in [-0.39, 0.29) is 17.6 Å². The van der Waals surface area contributed by atoms with Crippen LogP contribution in [0.25, 0.3) is 0 Å². The highest BCUT2D eigenvalue weighted by molar-refractivity contribution is 5.68. The molecule has 1 aliphatic heterocycles. The second-order valence-corrected chi connectivity index (χ2v) is 6.64. The van der Waals surface area contributed by atoms with Gasteiger partial charge in [-0.1, -0.05) is 13.8 Å². The van der Waals surface area contributed by atoms with Gasteiger partial charge in [-0.15, -0.1) is 0 Å². The molecule has 106 valence electrons. The van der Waals surface area contributed by atoms with E-state index in [1.165, 1.54) is 0 Å². The summed E-state index contributed by atoms with van der Waals surface area (Å²) in [6.07, 6.45) is 2.71. The van der Waals surface area contributed by atoms with E-state index in [4.69, 9.17) is 10.5 Å². The number of hydrogen-bond donors (Lipinski definition) is 1. The predicted molar refractivity (Wildman–Crippen MR) is 73.4 cm³/mol. The third-order valence-corrected chi connectivity index (χ3v) is 3.89. The molecular weight excluding hydrogens is 228 g/mol. The van der Waals surface area contributed by atoms with E-state index in [0.717, 1.165) is 32.4 Å². The number of ether oxygens (including phenoxy) is 1. The monoisotopic (exact) mass is 256 g/mol. The van der Waals surface area contributed by atoms with Crippen LogP contribution in [0.15, 0.2) is 0 Å². The van der Waals surface area contributed by atoms with Gasteiger partial charge in [0, 0.05) is 19.1 Å². The molecule has 1 amide bonds. The lowest BCUT2D eigenvalue weighted by Crippen LogP contribution is -2.50. The molecule has 0 aromatic heterocycles. The van der Waals surface area contributed by atoms with Crippen LogP contribution >= 0.6 is 0 Å². The second kappa shape index (κ2) is 5.47. The van der Waals surface area contributed by atoms with Crippen LogP contribution in [0.4, 0.5) is 4.79 Å². The molecule has 1 heterocycles. The van der Waals surface area contributed by atoms with Crippen molar-refractivity contribution in [2.45, 2.75) is 65.5 Å². The van der Waals surface area contributed by atoms with Crippen LogP contribution in [-0.2, 0) is 4.74 Å². The van der Waals surface area contributed by atoms with Crippen molar-refractivity contribution in [2.24, 2.45) is 11.1 Å². The Bertz CT molecular complexity index is 289. The number of piperidine rings is 1. The molecular formula is C14H28N2O2. The fourth-order valence-electron chi connectivity index (χ4n) is 2.39. The molecule has 1 rings (SSSR count). The van der Waals surface area contributed by atoms with Crippen LogP contribution in [0.1, 0.15) is 53.9 Å². The van der Waals surface area contributed by atoms with E-state index in [1.807, 2.05) is 20.8 Å². The summed E-state index contributed by atoms with van der Waals surface area (Å²) in [7, 11) is 0. The van der Waals surface area contributed by atoms with Gasteiger partial charge in [0.15, 0.2) is 0 Å². The van der Waals surface area contributed by atoms with Gasteiger partial charge >= 0.3 is 6.09 Å². The van der Waals surface area contributed by atoms with E-state index < -0.39 is 5.60 Å². The zero-order chi connectivity index (χ0) is 14.0. The molecule has 0 aliphatic carbocycles. The van der Waals surface area contributed by atoms with Gasteiger partial charge in [-0.2, -0.15) is 0 Å². The first kappa shape index (κ1) is 15.3. The fourth-order valence-corrected chi connectivity index (χ4v) is 2.39. The zero-order valence-electron chi connectivity index (χ0n) is 12.5. The SMILES string of the molecule is CCC(N)C1(C)CCN(C(=O)OC(C)(C)C)CC1. The summed E-state index contributed by atoms with van der Waals surface area (Å²) in [4.78, 5) is 13.7. The highest BCUT2D eigenvalue weighted by atomic mass is 16.6. The maximum atomic E-state index is 11.9. The fraction of sp³-hybridized carbons (Fsp3) is 0.929. The van der Waals surface area contributed by atoms with Crippen LogP contribution < -0.4 is 5.73 Å². The molecule has 0 aromatic carbocycles. The molecule has 4 heteroatoms. The Morgan fingerprint density at radius 3 is 2.28 bits per heavy atom. The van der Waals surface area contributed by atoms with E-state index in [9.17, 15) is 4.79 Å². The molecule has 1 fully saturated rings. The number of carbonyl (C=O) groups excluding carboxylic acids is 1. The van der Waals surface area contributed by atoms with E-state index in [1.54, 1.807) is 4.90 Å². The average Bonchev–Trinajstić information content (AvgIpc) is 2.26. The highest BCUT2D eigenvalue weighted by Gasteiger charge is 2.36. The normalized spacial score (nSPS) is 21.6. The molecule has 2 N–H and O–H groups in total. The number of nitrogens with two attached hydrogens (primary N) is 1. The van der Waals surface area contributed by atoms with Crippen molar-refractivity contribution in [1.82, 2.24) is 4.90 Å². The van der Waals surface area contributed by atoms with Gasteiger partial charge in [-0.3, -0.25) is 0 Å². The zero-order valence-corrected chi connectivity index (χ0v) is 12.5. The minimum absolute atomic E-state index is 0.160. The standard InChI is InChI=1S/C14H28N2O2/c1-6-11(15)14(5)7-9-16(10-8-14)12(17)18-13(2,3)4/h11H,6-10,15H2,1-5H3. The van der Waals surface area contributed by atoms with Gasteiger partial charge < -0.3 is 15.4 Å². The Kier molecular flexibility index (Phi) is 4.65. The molecule has 1 atom stereocenters. The molecule has 0 saturated carbocycles. The smallest absolute Gasteiger partial charge is 0.410 e. The van der Waals surface area contributed by atoms with Crippen molar-refractivity contribution in [3.8, 4) is 0 Å². The third-order valence-electron chi connectivity index (χ3n) is 3.89. The summed E-state index contributed by atoms with van der Waals surface area (Å²) in [5, 5.41) is 0. The second-order valence-electron chi connectivity index (χ2n) is 6.64. The van der Waals surface area contributed by atoms with Crippen LogP contribution in [0.2, 0.25) is 0 Å². The van der Waals surface area contributed by atoms with Crippen molar-refractivity contribution in [3.63, 3.8) is 0 Å². The van der Waals surface area contributed by atoms with Gasteiger partial charge in [0.05, 0.1) is 0 Å². The Morgan fingerprint density at radius 2 is 1.89 bits per heavy atom. The maximum Gasteiger partial charge on any atom is 0.410 e. The first-order valence-electron chi connectivity index (χ1n) is 6.91. The number of rotatable bonds is 2. The van der Waals surface area contributed by atoms with E-state index >= 15 is 0 Å². The lowest BCUT2D eigenvalue weighted by molar-refractivity contribution is 0.00886. The number of amides is 1. The van der Waals surface area contributed by atoms with Gasteiger partial charge in [0.2, 0.25) is 0 Å². The van der Waals surface area contributed by atoms with Gasteiger partial charge in [-0.05, 0) is 45.4 Å². The Hall–Kier alpha value is -0.770. The van der Waals surface area contributed by atoms with Gasteiger partial charge in [-0.25, -0.2) is 4.79 Å². The predicted octanol–water partition coefficient (Wildman–Crippen LogP) is 2.76. The number of nitrogens with zero attached hydrogens (tertiary/aromatic N) is 1. The Balaban J connectivity index is 2.51. The Labute approximate surface area is 111 Å². The van der Waals surface area contributed by atoms with E-state index in [2.05, 4.69) is 13.8 Å². The molecule has 18 heavy (non-hydrogen) atoms. The summed E-state index contributed by atoms with van der Waals surface area (Å²) in [6, 6.07) is 0.221. The van der Waals surface area contributed by atoms with E-state index in [0.29, 0.717) is 0 Å². The summed E-state index contributed by atoms with van der Waals surface area (Å²) < 4.78 is 5.39. The lowest BCUT2D eigenvalue weighted by Gasteiger charge is -2.42. The summed E-state index contributed by atoms with van der Waals surface area (Å²) >= 11 is 0. The summed E-state index contributed by atoms with van der Waals surface area (Å²) in [6.45, 7) is 11.5. The first-order valence-corrected chi connectivity index (χ1v) is 6.91. The van der Waals surface area contributed by atoms with Crippen LogP contribution in [0, 0.1) is 5.41 Å². The number of carbonyl (C=O) groups is 1. The molecule has 0 bridgehead atoms. The molecule has 4 nitrogen and oxygen atoms in total. The minimum Gasteiger partial charge on any atom is -0.444 e. The summed E-state index contributed by atoms with van der Waals surface area (Å²) in [5.74, 6) is 0. The van der Waals surface area contributed by atoms with Crippen LogP contribution in [0.3, 0.4) is 0 Å². The largest absolute Gasteiger partial charge is 0.444 e. The van der Waals surface area contributed by atoms with Gasteiger partial charge in [0.1, 0.15) is 5.60 Å². The van der Waals surface area contributed by atoms with Crippen molar-refractivity contribution >= 4 is 6.09 Å². The third kappa shape index (κ3) is 3.87. The van der Waals surface area contributed by atoms with Gasteiger partial charge in [0.25, 0.3) is 0 Å². The maximum absolute atomic E-state index is 11.9. The molecule has 1 unspecified atom stereocenters. The molecule has 0 spiro atoms. The van der Waals surface area contributed by atoms with Crippen molar-refractivity contribution in [1.29, 1.82) is 0 Å². The molecule has 0 radical (unpaired) electrons. The average molecular weight is 256 g/mol.